The molecule has 4 nitrogen and oxygen atoms in total. The SMILES string of the molecule is Cc1cc(C)n(CCCNC(C)C#N)n1. The summed E-state index contributed by atoms with van der Waals surface area (Å²) in [6.45, 7) is 7.69. The third-order valence-electron chi connectivity index (χ3n) is 2.29. The van der Waals surface area contributed by atoms with E-state index >= 15 is 0 Å². The summed E-state index contributed by atoms with van der Waals surface area (Å²) in [7, 11) is 0. The fourth-order valence-electron chi connectivity index (χ4n) is 1.49. The molecule has 0 aliphatic rings. The van der Waals surface area contributed by atoms with Crippen molar-refractivity contribution in [2.24, 2.45) is 0 Å². The minimum Gasteiger partial charge on any atom is -0.302 e. The zero-order chi connectivity index (χ0) is 11.3. The van der Waals surface area contributed by atoms with E-state index in [1.165, 1.54) is 5.69 Å². The first kappa shape index (κ1) is 11.7. The largest absolute Gasteiger partial charge is 0.302 e. The van der Waals surface area contributed by atoms with Crippen molar-refractivity contribution in [1.29, 1.82) is 5.26 Å². The summed E-state index contributed by atoms with van der Waals surface area (Å²) < 4.78 is 2.01. The Morgan fingerprint density at radius 3 is 2.87 bits per heavy atom. The molecule has 1 aromatic rings. The van der Waals surface area contributed by atoms with Gasteiger partial charge in [-0.2, -0.15) is 10.4 Å². The van der Waals surface area contributed by atoms with Gasteiger partial charge in [-0.3, -0.25) is 4.68 Å². The van der Waals surface area contributed by atoms with Gasteiger partial charge in [0.25, 0.3) is 0 Å². The van der Waals surface area contributed by atoms with Gasteiger partial charge in [-0.15, -0.1) is 0 Å². The van der Waals surface area contributed by atoms with Gasteiger partial charge in [-0.25, -0.2) is 0 Å². The summed E-state index contributed by atoms with van der Waals surface area (Å²) in [5.74, 6) is 0. The molecule has 1 unspecified atom stereocenters. The lowest BCUT2D eigenvalue weighted by atomic mass is 10.3. The first-order chi connectivity index (χ1) is 7.13. The Hall–Kier alpha value is -1.34. The summed E-state index contributed by atoms with van der Waals surface area (Å²) in [6, 6.07) is 4.16. The van der Waals surface area contributed by atoms with Crippen LogP contribution >= 0.6 is 0 Å². The second kappa shape index (κ2) is 5.52. The molecular weight excluding hydrogens is 188 g/mol. The fourth-order valence-corrected chi connectivity index (χ4v) is 1.49. The molecule has 0 bridgehead atoms. The van der Waals surface area contributed by atoms with Crippen molar-refractivity contribution in [3.63, 3.8) is 0 Å². The van der Waals surface area contributed by atoms with Crippen LogP contribution in [0.1, 0.15) is 24.7 Å². The molecule has 82 valence electrons. The summed E-state index contributed by atoms with van der Waals surface area (Å²) in [4.78, 5) is 0. The number of hydrogen-bond donors (Lipinski definition) is 1. The zero-order valence-corrected chi connectivity index (χ0v) is 9.62. The minimum absolute atomic E-state index is 0.0644. The minimum atomic E-state index is -0.0644. The Morgan fingerprint density at radius 2 is 2.33 bits per heavy atom. The molecule has 1 rings (SSSR count). The Labute approximate surface area is 90.9 Å². The van der Waals surface area contributed by atoms with Gasteiger partial charge in [0.05, 0.1) is 17.8 Å². The number of nitriles is 1. The Balaban J connectivity index is 2.27. The van der Waals surface area contributed by atoms with Gasteiger partial charge in [-0.1, -0.05) is 0 Å². The highest BCUT2D eigenvalue weighted by atomic mass is 15.3. The van der Waals surface area contributed by atoms with Crippen LogP contribution in [0.25, 0.3) is 0 Å². The highest BCUT2D eigenvalue weighted by Crippen LogP contribution is 2.02. The molecule has 0 saturated heterocycles. The van der Waals surface area contributed by atoms with Crippen LogP contribution in [0.4, 0.5) is 0 Å². The molecule has 0 spiro atoms. The molecule has 1 N–H and O–H groups in total. The van der Waals surface area contributed by atoms with Crippen LogP contribution < -0.4 is 5.32 Å². The molecule has 0 saturated carbocycles. The Morgan fingerprint density at radius 1 is 1.60 bits per heavy atom. The topological polar surface area (TPSA) is 53.6 Å². The average Bonchev–Trinajstić information content (AvgIpc) is 2.52. The predicted octanol–water partition coefficient (Wildman–Crippen LogP) is 1.39. The molecule has 0 aliphatic heterocycles. The third kappa shape index (κ3) is 3.72. The number of aryl methyl sites for hydroxylation is 3. The van der Waals surface area contributed by atoms with Gasteiger partial charge in [0.15, 0.2) is 0 Å². The number of aromatic nitrogens is 2. The van der Waals surface area contributed by atoms with Crippen LogP contribution in [-0.4, -0.2) is 22.4 Å². The molecule has 0 aliphatic carbocycles. The lowest BCUT2D eigenvalue weighted by Gasteiger charge is -2.07. The first-order valence-electron chi connectivity index (χ1n) is 5.27. The van der Waals surface area contributed by atoms with Gasteiger partial charge in [-0.05, 0) is 39.8 Å². The molecule has 1 atom stereocenters. The molecule has 0 aromatic carbocycles. The van der Waals surface area contributed by atoms with E-state index < -0.39 is 0 Å². The van der Waals surface area contributed by atoms with Gasteiger partial charge in [0.2, 0.25) is 0 Å². The molecule has 0 radical (unpaired) electrons. The summed E-state index contributed by atoms with van der Waals surface area (Å²) in [5.41, 5.74) is 2.26. The quantitative estimate of drug-likeness (QED) is 0.741. The normalized spacial score (nSPS) is 12.4. The highest BCUT2D eigenvalue weighted by molar-refractivity contribution is 5.06. The second-order valence-electron chi connectivity index (χ2n) is 3.81. The Kier molecular flexibility index (Phi) is 4.32. The third-order valence-corrected chi connectivity index (χ3v) is 2.29. The molecule has 4 heteroatoms. The fraction of sp³-hybridized carbons (Fsp3) is 0.636. The van der Waals surface area contributed by atoms with Crippen molar-refractivity contribution in [3.05, 3.63) is 17.5 Å². The maximum atomic E-state index is 8.57. The monoisotopic (exact) mass is 206 g/mol. The van der Waals surface area contributed by atoms with Crippen LogP contribution in [0.2, 0.25) is 0 Å². The molecule has 0 amide bonds. The van der Waals surface area contributed by atoms with E-state index in [0.29, 0.717) is 0 Å². The van der Waals surface area contributed by atoms with Crippen LogP contribution in [0.3, 0.4) is 0 Å². The van der Waals surface area contributed by atoms with E-state index in [9.17, 15) is 0 Å². The number of rotatable bonds is 5. The number of nitrogens with zero attached hydrogens (tertiary/aromatic N) is 3. The predicted molar refractivity (Wildman–Crippen MR) is 59.4 cm³/mol. The van der Waals surface area contributed by atoms with Crippen molar-refractivity contribution >= 4 is 0 Å². The van der Waals surface area contributed by atoms with Gasteiger partial charge in [0, 0.05) is 12.2 Å². The van der Waals surface area contributed by atoms with Crippen LogP contribution in [0, 0.1) is 25.2 Å². The molecule has 1 aromatic heterocycles. The van der Waals surface area contributed by atoms with Gasteiger partial charge in [0.1, 0.15) is 0 Å². The number of nitrogens with one attached hydrogen (secondary N) is 1. The van der Waals surface area contributed by atoms with E-state index in [2.05, 4.69) is 29.5 Å². The molecule has 1 heterocycles. The maximum Gasteiger partial charge on any atom is 0.0924 e. The van der Waals surface area contributed by atoms with Crippen molar-refractivity contribution < 1.29 is 0 Å². The van der Waals surface area contributed by atoms with E-state index in [4.69, 9.17) is 5.26 Å². The van der Waals surface area contributed by atoms with Crippen LogP contribution in [0.15, 0.2) is 6.07 Å². The van der Waals surface area contributed by atoms with E-state index in [0.717, 1.165) is 25.2 Å². The molecular formula is C11H18N4. The van der Waals surface area contributed by atoms with Crippen LogP contribution in [0.5, 0.6) is 0 Å². The lowest BCUT2D eigenvalue weighted by molar-refractivity contribution is 0.522. The maximum absolute atomic E-state index is 8.57. The zero-order valence-electron chi connectivity index (χ0n) is 9.62. The summed E-state index contributed by atoms with van der Waals surface area (Å²) >= 11 is 0. The highest BCUT2D eigenvalue weighted by Gasteiger charge is 2.01. The smallest absolute Gasteiger partial charge is 0.0924 e. The van der Waals surface area contributed by atoms with Crippen LogP contribution in [-0.2, 0) is 6.54 Å². The standard InChI is InChI=1S/C11H18N4/c1-9-7-11(3)15(14-9)6-4-5-13-10(2)8-12/h7,10,13H,4-6H2,1-3H3. The van der Waals surface area contributed by atoms with Gasteiger partial charge < -0.3 is 5.32 Å². The van der Waals surface area contributed by atoms with Crippen molar-refractivity contribution in [2.75, 3.05) is 6.54 Å². The number of hydrogen-bond acceptors (Lipinski definition) is 3. The summed E-state index contributed by atoms with van der Waals surface area (Å²) in [6.07, 6.45) is 0.994. The Bertz CT molecular complexity index is 348. The first-order valence-corrected chi connectivity index (χ1v) is 5.27. The van der Waals surface area contributed by atoms with E-state index in [-0.39, 0.29) is 6.04 Å². The molecule has 15 heavy (non-hydrogen) atoms. The van der Waals surface area contributed by atoms with Gasteiger partial charge >= 0.3 is 0 Å². The van der Waals surface area contributed by atoms with Crippen molar-refractivity contribution in [2.45, 2.75) is 39.8 Å². The van der Waals surface area contributed by atoms with Crippen molar-refractivity contribution in [3.8, 4) is 6.07 Å². The summed E-state index contributed by atoms with van der Waals surface area (Å²) in [5, 5.41) is 16.1. The molecule has 0 fully saturated rings. The van der Waals surface area contributed by atoms with E-state index in [1.807, 2.05) is 18.5 Å². The van der Waals surface area contributed by atoms with E-state index in [1.54, 1.807) is 0 Å². The average molecular weight is 206 g/mol. The van der Waals surface area contributed by atoms with Crippen molar-refractivity contribution in [1.82, 2.24) is 15.1 Å². The lowest BCUT2D eigenvalue weighted by Crippen LogP contribution is -2.26. The second-order valence-corrected chi connectivity index (χ2v) is 3.81.